The minimum absolute atomic E-state index is 0.0102. The molecule has 194 valence electrons. The third-order valence-corrected chi connectivity index (χ3v) is 7.75. The summed E-state index contributed by atoms with van der Waals surface area (Å²) in [6.45, 7) is 8.14. The SMILES string of the molecule is COc1cc(N)c(Cl)cc1C(=O)NC1CCN(C(=O)CC2CCN(CN3CCOCC3)CC2)CC1. The molecule has 0 atom stereocenters. The summed E-state index contributed by atoms with van der Waals surface area (Å²) in [5.74, 6) is 0.863. The Hall–Kier alpha value is -2.07. The lowest BCUT2D eigenvalue weighted by Crippen LogP contribution is -2.48. The molecule has 0 aromatic heterocycles. The summed E-state index contributed by atoms with van der Waals surface area (Å²) < 4.78 is 10.7. The number of ether oxygens (including phenoxy) is 2. The fourth-order valence-corrected chi connectivity index (χ4v) is 5.35. The first-order valence-corrected chi connectivity index (χ1v) is 13.0. The van der Waals surface area contributed by atoms with Crippen molar-refractivity contribution in [2.75, 3.05) is 72.0 Å². The number of benzene rings is 1. The van der Waals surface area contributed by atoms with Crippen LogP contribution in [0.3, 0.4) is 0 Å². The molecule has 0 saturated carbocycles. The molecule has 0 radical (unpaired) electrons. The maximum atomic E-state index is 12.9. The number of nitrogens with two attached hydrogens (primary N) is 1. The standard InChI is InChI=1S/C25H38ClN5O4/c1-34-23-16-22(27)21(26)15-20(23)25(33)28-19-4-8-31(9-5-19)24(32)14-18-2-6-29(7-3-18)17-30-10-12-35-13-11-30/h15-16,18-19H,2-14,17,27H2,1H3,(H,28,33). The van der Waals surface area contributed by atoms with Crippen molar-refractivity contribution in [3.8, 4) is 5.75 Å². The molecule has 1 aromatic carbocycles. The number of carbonyl (C=O) groups is 2. The molecule has 0 bridgehead atoms. The molecule has 3 fully saturated rings. The maximum Gasteiger partial charge on any atom is 0.255 e. The number of hydrogen-bond donors (Lipinski definition) is 2. The Kier molecular flexibility index (Phi) is 9.10. The van der Waals surface area contributed by atoms with Crippen LogP contribution in [0.25, 0.3) is 0 Å². The van der Waals surface area contributed by atoms with E-state index >= 15 is 0 Å². The first-order valence-electron chi connectivity index (χ1n) is 12.7. The number of piperidine rings is 2. The number of hydrogen-bond acceptors (Lipinski definition) is 7. The van der Waals surface area contributed by atoms with Gasteiger partial charge in [0.05, 0.1) is 43.3 Å². The number of likely N-dealkylation sites (tertiary alicyclic amines) is 2. The van der Waals surface area contributed by atoms with Crippen LogP contribution < -0.4 is 15.8 Å². The maximum absolute atomic E-state index is 12.9. The van der Waals surface area contributed by atoms with E-state index in [1.54, 1.807) is 6.07 Å². The van der Waals surface area contributed by atoms with Gasteiger partial charge < -0.3 is 25.4 Å². The Morgan fingerprint density at radius 1 is 1.06 bits per heavy atom. The average Bonchev–Trinajstić information content (AvgIpc) is 2.87. The van der Waals surface area contributed by atoms with Gasteiger partial charge in [-0.05, 0) is 50.8 Å². The quantitative estimate of drug-likeness (QED) is 0.545. The Labute approximate surface area is 212 Å². The van der Waals surface area contributed by atoms with Crippen molar-refractivity contribution in [2.45, 2.75) is 38.1 Å². The smallest absolute Gasteiger partial charge is 0.255 e. The Morgan fingerprint density at radius 3 is 2.37 bits per heavy atom. The average molecular weight is 508 g/mol. The van der Waals surface area contributed by atoms with Crippen molar-refractivity contribution in [2.24, 2.45) is 5.92 Å². The molecule has 0 spiro atoms. The lowest BCUT2D eigenvalue weighted by Gasteiger charge is -2.38. The van der Waals surface area contributed by atoms with Crippen LogP contribution >= 0.6 is 11.6 Å². The molecule has 3 aliphatic rings. The zero-order chi connectivity index (χ0) is 24.8. The first kappa shape index (κ1) is 26.0. The molecule has 3 saturated heterocycles. The van der Waals surface area contributed by atoms with Gasteiger partial charge in [-0.3, -0.25) is 19.4 Å². The molecular weight excluding hydrogens is 470 g/mol. The molecule has 2 amide bonds. The van der Waals surface area contributed by atoms with E-state index in [4.69, 9.17) is 26.8 Å². The highest BCUT2D eigenvalue weighted by Gasteiger charge is 2.28. The van der Waals surface area contributed by atoms with Crippen LogP contribution in [0.15, 0.2) is 12.1 Å². The van der Waals surface area contributed by atoms with Gasteiger partial charge in [-0.25, -0.2) is 0 Å². The molecule has 4 rings (SSSR count). The number of amides is 2. The van der Waals surface area contributed by atoms with Crippen LogP contribution in [0.4, 0.5) is 5.69 Å². The number of nitrogens with one attached hydrogen (secondary N) is 1. The molecule has 3 heterocycles. The van der Waals surface area contributed by atoms with E-state index in [1.165, 1.54) is 13.2 Å². The van der Waals surface area contributed by atoms with Crippen molar-refractivity contribution in [1.29, 1.82) is 0 Å². The van der Waals surface area contributed by atoms with E-state index < -0.39 is 0 Å². The van der Waals surface area contributed by atoms with Crippen molar-refractivity contribution in [1.82, 2.24) is 20.0 Å². The number of carbonyl (C=O) groups excluding carboxylic acids is 2. The van der Waals surface area contributed by atoms with Gasteiger partial charge in [-0.2, -0.15) is 0 Å². The summed E-state index contributed by atoms with van der Waals surface area (Å²) in [5, 5.41) is 3.38. The minimum Gasteiger partial charge on any atom is -0.496 e. The third-order valence-electron chi connectivity index (χ3n) is 7.42. The summed E-state index contributed by atoms with van der Waals surface area (Å²) in [6.07, 6.45) is 4.26. The molecule has 10 heteroatoms. The Bertz CT molecular complexity index is 879. The summed E-state index contributed by atoms with van der Waals surface area (Å²) in [5.41, 5.74) is 6.55. The van der Waals surface area contributed by atoms with Crippen LogP contribution in [-0.4, -0.2) is 98.8 Å². The summed E-state index contributed by atoms with van der Waals surface area (Å²) in [4.78, 5) is 32.6. The van der Waals surface area contributed by atoms with E-state index in [-0.39, 0.29) is 17.9 Å². The van der Waals surface area contributed by atoms with Crippen LogP contribution in [0.5, 0.6) is 5.75 Å². The van der Waals surface area contributed by atoms with Gasteiger partial charge in [0.1, 0.15) is 5.75 Å². The normalized spacial score (nSPS) is 21.1. The van der Waals surface area contributed by atoms with Crippen LogP contribution in [0, 0.1) is 5.92 Å². The van der Waals surface area contributed by atoms with Gasteiger partial charge in [0.25, 0.3) is 5.91 Å². The second-order valence-electron chi connectivity index (χ2n) is 9.84. The summed E-state index contributed by atoms with van der Waals surface area (Å²) in [7, 11) is 1.50. The van der Waals surface area contributed by atoms with Gasteiger partial charge >= 0.3 is 0 Å². The van der Waals surface area contributed by atoms with Gasteiger partial charge in [0, 0.05) is 44.7 Å². The van der Waals surface area contributed by atoms with E-state index in [9.17, 15) is 9.59 Å². The molecule has 3 aliphatic heterocycles. The lowest BCUT2D eigenvalue weighted by atomic mass is 9.92. The fourth-order valence-electron chi connectivity index (χ4n) is 5.19. The Morgan fingerprint density at radius 2 is 1.71 bits per heavy atom. The van der Waals surface area contributed by atoms with Crippen molar-refractivity contribution >= 4 is 29.1 Å². The monoisotopic (exact) mass is 507 g/mol. The zero-order valence-corrected chi connectivity index (χ0v) is 21.4. The van der Waals surface area contributed by atoms with Gasteiger partial charge in [-0.15, -0.1) is 0 Å². The molecule has 3 N–H and O–H groups in total. The van der Waals surface area contributed by atoms with Gasteiger partial charge in [0.15, 0.2) is 0 Å². The number of anilines is 1. The van der Waals surface area contributed by atoms with Crippen molar-refractivity contribution in [3.05, 3.63) is 22.7 Å². The van der Waals surface area contributed by atoms with Gasteiger partial charge in [-0.1, -0.05) is 11.6 Å². The Balaban J connectivity index is 1.18. The number of methoxy groups -OCH3 is 1. The number of halogens is 1. The second-order valence-corrected chi connectivity index (χ2v) is 10.2. The van der Waals surface area contributed by atoms with Crippen LogP contribution in [0.2, 0.25) is 5.02 Å². The highest BCUT2D eigenvalue weighted by molar-refractivity contribution is 6.33. The molecule has 1 aromatic rings. The highest BCUT2D eigenvalue weighted by atomic mass is 35.5. The molecule has 0 aliphatic carbocycles. The summed E-state index contributed by atoms with van der Waals surface area (Å²) >= 11 is 6.10. The van der Waals surface area contributed by atoms with E-state index in [1.807, 2.05) is 4.90 Å². The van der Waals surface area contributed by atoms with E-state index in [2.05, 4.69) is 15.1 Å². The van der Waals surface area contributed by atoms with Crippen LogP contribution in [-0.2, 0) is 9.53 Å². The highest BCUT2D eigenvalue weighted by Crippen LogP contribution is 2.29. The van der Waals surface area contributed by atoms with Gasteiger partial charge in [0.2, 0.25) is 5.91 Å². The number of nitrogen functional groups attached to an aromatic ring is 1. The van der Waals surface area contributed by atoms with Crippen molar-refractivity contribution < 1.29 is 19.1 Å². The lowest BCUT2D eigenvalue weighted by molar-refractivity contribution is -0.133. The summed E-state index contributed by atoms with van der Waals surface area (Å²) in [6, 6.07) is 3.11. The predicted molar refractivity (Wildman–Crippen MR) is 136 cm³/mol. The minimum atomic E-state index is -0.239. The number of nitrogens with zero attached hydrogens (tertiary/aromatic N) is 3. The zero-order valence-electron chi connectivity index (χ0n) is 20.6. The largest absolute Gasteiger partial charge is 0.496 e. The van der Waals surface area contributed by atoms with E-state index in [0.29, 0.717) is 47.5 Å². The fraction of sp³-hybridized carbons (Fsp3) is 0.680. The number of rotatable bonds is 7. The number of morpholine rings is 1. The first-order chi connectivity index (χ1) is 16.9. The topological polar surface area (TPSA) is 100 Å². The predicted octanol–water partition coefficient (Wildman–Crippen LogP) is 2.04. The molecule has 35 heavy (non-hydrogen) atoms. The third kappa shape index (κ3) is 7.00. The van der Waals surface area contributed by atoms with Crippen LogP contribution in [0.1, 0.15) is 42.5 Å². The second kappa shape index (κ2) is 12.3. The van der Waals surface area contributed by atoms with E-state index in [0.717, 1.165) is 71.7 Å². The van der Waals surface area contributed by atoms with Crippen molar-refractivity contribution in [3.63, 3.8) is 0 Å². The molecular formula is C25H38ClN5O4. The molecule has 0 unspecified atom stereocenters. The molecule has 9 nitrogen and oxygen atoms in total.